The Bertz CT molecular complexity index is 530. The quantitative estimate of drug-likeness (QED) is 0.821. The molecule has 0 saturated carbocycles. The second kappa shape index (κ2) is 4.40. The maximum absolute atomic E-state index is 11.3. The number of nitrogens with one attached hydrogen (secondary N) is 1. The van der Waals surface area contributed by atoms with Crippen molar-refractivity contribution in [2.45, 2.75) is 23.5 Å². The monoisotopic (exact) mass is 237 g/mol. The maximum Gasteiger partial charge on any atom is 0.343 e. The Balaban J connectivity index is 2.27. The van der Waals surface area contributed by atoms with Gasteiger partial charge < -0.3 is 5.73 Å². The van der Waals surface area contributed by atoms with Gasteiger partial charge in [-0.25, -0.2) is 14.9 Å². The van der Waals surface area contributed by atoms with E-state index in [1.54, 1.807) is 16.8 Å². The van der Waals surface area contributed by atoms with Gasteiger partial charge in [-0.3, -0.25) is 4.57 Å². The van der Waals surface area contributed by atoms with Crippen molar-refractivity contribution in [1.82, 2.24) is 19.7 Å². The van der Waals surface area contributed by atoms with Crippen molar-refractivity contribution in [3.8, 4) is 0 Å². The number of aromatic amines is 1. The molecule has 0 atom stereocenters. The summed E-state index contributed by atoms with van der Waals surface area (Å²) in [7, 11) is 0. The minimum Gasteiger partial charge on any atom is -0.384 e. The molecule has 0 aromatic carbocycles. The lowest BCUT2D eigenvalue weighted by atomic mass is 10.5. The molecule has 0 radical (unpaired) electrons. The summed E-state index contributed by atoms with van der Waals surface area (Å²) in [5.74, 6) is 0.472. The Labute approximate surface area is 95.9 Å². The molecule has 6 nitrogen and oxygen atoms in total. The number of aromatic nitrogens is 4. The molecule has 2 rings (SSSR count). The number of hydrogen-bond donors (Lipinski definition) is 2. The van der Waals surface area contributed by atoms with Gasteiger partial charge in [0.25, 0.3) is 0 Å². The number of nitrogens with two attached hydrogens (primary N) is 1. The number of H-pyrrole nitrogens is 1. The molecule has 84 valence electrons. The van der Waals surface area contributed by atoms with Crippen LogP contribution in [-0.4, -0.2) is 19.7 Å². The maximum atomic E-state index is 11.3. The SMILES string of the molecule is CCn1c(Sc2ccc(N)nc2)n[nH]c1=O. The van der Waals surface area contributed by atoms with Crippen LogP contribution >= 0.6 is 11.8 Å². The second-order valence-corrected chi connectivity index (χ2v) is 4.12. The molecule has 0 bridgehead atoms. The van der Waals surface area contributed by atoms with Crippen LogP contribution in [0.25, 0.3) is 0 Å². The second-order valence-electron chi connectivity index (χ2n) is 3.08. The Morgan fingerprint density at radius 1 is 1.56 bits per heavy atom. The summed E-state index contributed by atoms with van der Waals surface area (Å²) in [6.07, 6.45) is 1.65. The molecule has 0 fully saturated rings. The lowest BCUT2D eigenvalue weighted by molar-refractivity contribution is 0.660. The zero-order valence-corrected chi connectivity index (χ0v) is 9.49. The molecule has 0 spiro atoms. The number of rotatable bonds is 3. The first-order chi connectivity index (χ1) is 7.70. The van der Waals surface area contributed by atoms with Crippen molar-refractivity contribution in [2.75, 3.05) is 5.73 Å². The topological polar surface area (TPSA) is 89.6 Å². The van der Waals surface area contributed by atoms with Gasteiger partial charge >= 0.3 is 5.69 Å². The Hall–Kier alpha value is -1.76. The largest absolute Gasteiger partial charge is 0.384 e. The first-order valence-corrected chi connectivity index (χ1v) is 5.57. The molecule has 0 saturated heterocycles. The molecule has 2 aromatic rings. The van der Waals surface area contributed by atoms with E-state index in [4.69, 9.17) is 5.73 Å². The minimum atomic E-state index is -0.201. The fourth-order valence-corrected chi connectivity index (χ4v) is 2.08. The van der Waals surface area contributed by atoms with Crippen molar-refractivity contribution in [3.63, 3.8) is 0 Å². The molecule has 16 heavy (non-hydrogen) atoms. The molecule has 7 heteroatoms. The van der Waals surface area contributed by atoms with Gasteiger partial charge in [-0.2, -0.15) is 0 Å². The molecule has 0 aliphatic heterocycles. The summed E-state index contributed by atoms with van der Waals surface area (Å²) < 4.78 is 1.56. The summed E-state index contributed by atoms with van der Waals surface area (Å²) >= 11 is 1.37. The van der Waals surface area contributed by atoms with Crippen molar-refractivity contribution >= 4 is 17.6 Å². The van der Waals surface area contributed by atoms with Crippen molar-refractivity contribution < 1.29 is 0 Å². The van der Waals surface area contributed by atoms with E-state index >= 15 is 0 Å². The highest BCUT2D eigenvalue weighted by molar-refractivity contribution is 7.99. The zero-order valence-electron chi connectivity index (χ0n) is 8.67. The van der Waals surface area contributed by atoms with Gasteiger partial charge in [0.1, 0.15) is 5.82 Å². The minimum absolute atomic E-state index is 0.201. The third kappa shape index (κ3) is 2.08. The average molecular weight is 237 g/mol. The fraction of sp³-hybridized carbons (Fsp3) is 0.222. The average Bonchev–Trinajstić information content (AvgIpc) is 2.63. The van der Waals surface area contributed by atoms with Crippen LogP contribution < -0.4 is 11.4 Å². The molecule has 0 unspecified atom stereocenters. The van der Waals surface area contributed by atoms with Crippen LogP contribution in [0.2, 0.25) is 0 Å². The van der Waals surface area contributed by atoms with Gasteiger partial charge in [-0.15, -0.1) is 5.10 Å². The lowest BCUT2D eigenvalue weighted by Crippen LogP contribution is -2.15. The van der Waals surface area contributed by atoms with Gasteiger partial charge in [0.05, 0.1) is 0 Å². The molecule has 0 amide bonds. The van der Waals surface area contributed by atoms with Crippen LogP contribution in [0.5, 0.6) is 0 Å². The molecule has 0 aliphatic rings. The van der Waals surface area contributed by atoms with E-state index in [1.165, 1.54) is 11.8 Å². The number of nitrogen functional groups attached to an aromatic ring is 1. The molecular formula is C9H11N5OS. The normalized spacial score (nSPS) is 10.6. The van der Waals surface area contributed by atoms with Crippen molar-refractivity contribution in [2.24, 2.45) is 0 Å². The molecule has 3 N–H and O–H groups in total. The van der Waals surface area contributed by atoms with Crippen LogP contribution in [0, 0.1) is 0 Å². The highest BCUT2D eigenvalue weighted by Crippen LogP contribution is 2.24. The fourth-order valence-electron chi connectivity index (χ4n) is 1.22. The van der Waals surface area contributed by atoms with E-state index in [-0.39, 0.29) is 5.69 Å². The molecule has 0 aliphatic carbocycles. The zero-order chi connectivity index (χ0) is 11.5. The summed E-state index contributed by atoms with van der Waals surface area (Å²) in [6.45, 7) is 2.47. The van der Waals surface area contributed by atoms with Gasteiger partial charge in [-0.05, 0) is 30.8 Å². The third-order valence-corrected chi connectivity index (χ3v) is 2.98. The van der Waals surface area contributed by atoms with E-state index in [2.05, 4.69) is 15.2 Å². The van der Waals surface area contributed by atoms with E-state index in [0.29, 0.717) is 17.5 Å². The lowest BCUT2D eigenvalue weighted by Gasteiger charge is -2.01. The van der Waals surface area contributed by atoms with Crippen LogP contribution in [0.3, 0.4) is 0 Å². The van der Waals surface area contributed by atoms with Gasteiger partial charge in [0, 0.05) is 17.6 Å². The Morgan fingerprint density at radius 3 is 3.00 bits per heavy atom. The predicted octanol–water partition coefficient (Wildman–Crippen LogP) is 0.720. The number of anilines is 1. The summed E-state index contributed by atoms with van der Waals surface area (Å²) in [4.78, 5) is 16.2. The van der Waals surface area contributed by atoms with Crippen molar-refractivity contribution in [3.05, 3.63) is 28.8 Å². The molecule has 2 aromatic heterocycles. The number of hydrogen-bond acceptors (Lipinski definition) is 5. The van der Waals surface area contributed by atoms with Gasteiger partial charge in [-0.1, -0.05) is 0 Å². The van der Waals surface area contributed by atoms with E-state index < -0.39 is 0 Å². The van der Waals surface area contributed by atoms with Crippen LogP contribution in [0.15, 0.2) is 33.2 Å². The van der Waals surface area contributed by atoms with Crippen LogP contribution in [-0.2, 0) is 6.54 Å². The van der Waals surface area contributed by atoms with E-state index in [1.807, 2.05) is 13.0 Å². The Kier molecular flexibility index (Phi) is 2.95. The van der Waals surface area contributed by atoms with Crippen molar-refractivity contribution in [1.29, 1.82) is 0 Å². The van der Waals surface area contributed by atoms with Crippen LogP contribution in [0.1, 0.15) is 6.92 Å². The molecular weight excluding hydrogens is 226 g/mol. The van der Waals surface area contributed by atoms with Crippen LogP contribution in [0.4, 0.5) is 5.82 Å². The highest BCUT2D eigenvalue weighted by Gasteiger charge is 2.08. The first kappa shape index (κ1) is 10.7. The van der Waals surface area contributed by atoms with Gasteiger partial charge in [0.2, 0.25) is 0 Å². The smallest absolute Gasteiger partial charge is 0.343 e. The number of nitrogens with zero attached hydrogens (tertiary/aromatic N) is 3. The first-order valence-electron chi connectivity index (χ1n) is 4.75. The third-order valence-electron chi connectivity index (χ3n) is 2.01. The Morgan fingerprint density at radius 2 is 2.38 bits per heavy atom. The van der Waals surface area contributed by atoms with E-state index in [9.17, 15) is 4.79 Å². The standard InChI is InChI=1S/C9H11N5OS/c1-2-14-8(15)12-13-9(14)16-6-3-4-7(10)11-5-6/h3-5H,2H2,1H3,(H2,10,11)(H,12,15). The summed E-state index contributed by atoms with van der Waals surface area (Å²) in [6, 6.07) is 3.55. The van der Waals surface area contributed by atoms with E-state index in [0.717, 1.165) is 4.90 Å². The predicted molar refractivity (Wildman–Crippen MR) is 61.3 cm³/mol. The summed E-state index contributed by atoms with van der Waals surface area (Å²) in [5.41, 5.74) is 5.28. The van der Waals surface area contributed by atoms with Gasteiger partial charge in [0.15, 0.2) is 5.16 Å². The molecule has 2 heterocycles. The highest BCUT2D eigenvalue weighted by atomic mass is 32.2. The summed E-state index contributed by atoms with van der Waals surface area (Å²) in [5, 5.41) is 6.97. The number of pyridine rings is 1.